The average Bonchev–Trinajstić information content (AvgIpc) is 2.61. The van der Waals surface area contributed by atoms with Crippen molar-refractivity contribution in [3.05, 3.63) is 76.6 Å². The summed E-state index contributed by atoms with van der Waals surface area (Å²) in [7, 11) is 0. The number of halogens is 2. The number of anilines is 3. The Morgan fingerprint density at radius 1 is 0.963 bits per heavy atom. The highest BCUT2D eigenvalue weighted by Crippen LogP contribution is 2.20. The van der Waals surface area contributed by atoms with E-state index in [9.17, 15) is 13.6 Å². The van der Waals surface area contributed by atoms with Crippen LogP contribution in [0.2, 0.25) is 0 Å². The standard InChI is InChI=1S/C20H18F2N4O/c1-11-5-4-6-17(13(11)3)25-19(27)18-9-12(2)23-20(26-18)24-14-7-8-15(21)16(22)10-14/h4-10H,1-3H3,(H,25,27)(H,23,24,26). The molecule has 3 rings (SSSR count). The van der Waals surface area contributed by atoms with Crippen LogP contribution in [0, 0.1) is 32.4 Å². The second-order valence-corrected chi connectivity index (χ2v) is 6.17. The lowest BCUT2D eigenvalue weighted by atomic mass is 10.1. The van der Waals surface area contributed by atoms with E-state index >= 15 is 0 Å². The van der Waals surface area contributed by atoms with Gasteiger partial charge in [-0.2, -0.15) is 0 Å². The van der Waals surface area contributed by atoms with Gasteiger partial charge in [0.15, 0.2) is 11.6 Å². The summed E-state index contributed by atoms with van der Waals surface area (Å²) >= 11 is 0. The Morgan fingerprint density at radius 3 is 2.48 bits per heavy atom. The minimum Gasteiger partial charge on any atom is -0.324 e. The predicted octanol–water partition coefficient (Wildman–Crippen LogP) is 4.68. The molecule has 0 unspecified atom stereocenters. The molecule has 7 heteroatoms. The third-order valence-electron chi connectivity index (χ3n) is 4.12. The first-order chi connectivity index (χ1) is 12.8. The summed E-state index contributed by atoms with van der Waals surface area (Å²) < 4.78 is 26.4. The van der Waals surface area contributed by atoms with E-state index in [-0.39, 0.29) is 23.2 Å². The Bertz CT molecular complexity index is 1020. The van der Waals surface area contributed by atoms with Crippen LogP contribution in [0.3, 0.4) is 0 Å². The zero-order valence-corrected chi connectivity index (χ0v) is 15.1. The quantitative estimate of drug-likeness (QED) is 0.702. The summed E-state index contributed by atoms with van der Waals surface area (Å²) in [5.41, 5.74) is 3.73. The fourth-order valence-corrected chi connectivity index (χ4v) is 2.52. The summed E-state index contributed by atoms with van der Waals surface area (Å²) in [6.07, 6.45) is 0. The van der Waals surface area contributed by atoms with E-state index in [4.69, 9.17) is 0 Å². The number of nitrogens with zero attached hydrogens (tertiary/aromatic N) is 2. The number of nitrogens with one attached hydrogen (secondary N) is 2. The van der Waals surface area contributed by atoms with Crippen molar-refractivity contribution in [1.82, 2.24) is 9.97 Å². The molecule has 2 aromatic carbocycles. The molecular weight excluding hydrogens is 350 g/mol. The molecule has 0 radical (unpaired) electrons. The Balaban J connectivity index is 1.85. The fourth-order valence-electron chi connectivity index (χ4n) is 2.52. The van der Waals surface area contributed by atoms with Crippen LogP contribution in [0.4, 0.5) is 26.1 Å². The van der Waals surface area contributed by atoms with Crippen LogP contribution in [0.5, 0.6) is 0 Å². The molecule has 0 fully saturated rings. The molecule has 0 aliphatic carbocycles. The normalized spacial score (nSPS) is 10.6. The number of aromatic nitrogens is 2. The first-order valence-corrected chi connectivity index (χ1v) is 8.29. The largest absolute Gasteiger partial charge is 0.324 e. The molecule has 5 nitrogen and oxygen atoms in total. The van der Waals surface area contributed by atoms with Crippen LogP contribution in [-0.2, 0) is 0 Å². The first kappa shape index (κ1) is 18.4. The summed E-state index contributed by atoms with van der Waals surface area (Å²) in [5, 5.41) is 5.62. The van der Waals surface area contributed by atoms with Crippen LogP contribution < -0.4 is 10.6 Å². The van der Waals surface area contributed by atoms with Crippen LogP contribution in [0.25, 0.3) is 0 Å². The van der Waals surface area contributed by atoms with E-state index in [1.54, 1.807) is 13.0 Å². The van der Waals surface area contributed by atoms with Gasteiger partial charge in [0.25, 0.3) is 5.91 Å². The van der Waals surface area contributed by atoms with Crippen molar-refractivity contribution in [2.45, 2.75) is 20.8 Å². The van der Waals surface area contributed by atoms with Crippen LogP contribution in [0.15, 0.2) is 42.5 Å². The number of hydrogen-bond acceptors (Lipinski definition) is 4. The summed E-state index contributed by atoms with van der Waals surface area (Å²) in [6.45, 7) is 5.60. The van der Waals surface area contributed by atoms with Gasteiger partial charge in [0, 0.05) is 23.1 Å². The number of carbonyl (C=O) groups is 1. The van der Waals surface area contributed by atoms with Gasteiger partial charge in [-0.25, -0.2) is 18.7 Å². The van der Waals surface area contributed by atoms with E-state index in [0.29, 0.717) is 11.4 Å². The van der Waals surface area contributed by atoms with Gasteiger partial charge in [0.1, 0.15) is 5.69 Å². The zero-order valence-electron chi connectivity index (χ0n) is 15.1. The van der Waals surface area contributed by atoms with E-state index in [2.05, 4.69) is 20.6 Å². The van der Waals surface area contributed by atoms with Crippen molar-refractivity contribution in [2.24, 2.45) is 0 Å². The van der Waals surface area contributed by atoms with Gasteiger partial charge in [0.05, 0.1) is 0 Å². The molecule has 0 spiro atoms. The maximum atomic E-state index is 13.4. The van der Waals surface area contributed by atoms with E-state index in [1.165, 1.54) is 6.07 Å². The van der Waals surface area contributed by atoms with Gasteiger partial charge in [-0.05, 0) is 56.2 Å². The van der Waals surface area contributed by atoms with Gasteiger partial charge < -0.3 is 10.6 Å². The smallest absolute Gasteiger partial charge is 0.274 e. The Labute approximate surface area is 155 Å². The lowest BCUT2D eigenvalue weighted by Gasteiger charge is -2.11. The number of rotatable bonds is 4. The number of carbonyl (C=O) groups excluding carboxylic acids is 1. The van der Waals surface area contributed by atoms with Crippen molar-refractivity contribution >= 4 is 23.2 Å². The molecule has 1 aromatic heterocycles. The maximum absolute atomic E-state index is 13.4. The molecule has 0 aliphatic heterocycles. The maximum Gasteiger partial charge on any atom is 0.274 e. The predicted molar refractivity (Wildman–Crippen MR) is 100 cm³/mol. The molecule has 0 saturated carbocycles. The second-order valence-electron chi connectivity index (χ2n) is 6.17. The Hall–Kier alpha value is -3.35. The first-order valence-electron chi connectivity index (χ1n) is 8.29. The average molecular weight is 368 g/mol. The number of amides is 1. The number of hydrogen-bond donors (Lipinski definition) is 2. The molecule has 2 N–H and O–H groups in total. The minimum atomic E-state index is -0.986. The molecule has 0 atom stereocenters. The van der Waals surface area contributed by atoms with Gasteiger partial charge in [-0.15, -0.1) is 0 Å². The summed E-state index contributed by atoms with van der Waals surface area (Å²) in [6, 6.07) is 10.5. The fraction of sp³-hybridized carbons (Fsp3) is 0.150. The van der Waals surface area contributed by atoms with Crippen molar-refractivity contribution in [1.29, 1.82) is 0 Å². The summed E-state index contributed by atoms with van der Waals surface area (Å²) in [5.74, 6) is -2.20. The van der Waals surface area contributed by atoms with E-state index < -0.39 is 11.6 Å². The number of aryl methyl sites for hydroxylation is 2. The molecule has 1 heterocycles. The lowest BCUT2D eigenvalue weighted by Crippen LogP contribution is -2.16. The highest BCUT2D eigenvalue weighted by Gasteiger charge is 2.13. The molecule has 0 saturated heterocycles. The third-order valence-corrected chi connectivity index (χ3v) is 4.12. The second kappa shape index (κ2) is 7.49. The SMILES string of the molecule is Cc1cc(C(=O)Nc2cccc(C)c2C)nc(Nc2ccc(F)c(F)c2)n1. The highest BCUT2D eigenvalue weighted by atomic mass is 19.2. The van der Waals surface area contributed by atoms with Crippen LogP contribution in [-0.4, -0.2) is 15.9 Å². The van der Waals surface area contributed by atoms with Gasteiger partial charge in [-0.3, -0.25) is 4.79 Å². The van der Waals surface area contributed by atoms with Gasteiger partial charge in [-0.1, -0.05) is 12.1 Å². The molecule has 138 valence electrons. The molecule has 3 aromatic rings. The zero-order chi connectivity index (χ0) is 19.6. The molecule has 27 heavy (non-hydrogen) atoms. The van der Waals surface area contributed by atoms with E-state index in [0.717, 1.165) is 23.3 Å². The van der Waals surface area contributed by atoms with Crippen molar-refractivity contribution < 1.29 is 13.6 Å². The highest BCUT2D eigenvalue weighted by molar-refractivity contribution is 6.03. The van der Waals surface area contributed by atoms with Crippen molar-refractivity contribution in [2.75, 3.05) is 10.6 Å². The van der Waals surface area contributed by atoms with Crippen molar-refractivity contribution in [3.63, 3.8) is 0 Å². The molecule has 0 bridgehead atoms. The Morgan fingerprint density at radius 2 is 1.74 bits per heavy atom. The van der Waals surface area contributed by atoms with Crippen LogP contribution >= 0.6 is 0 Å². The molecular formula is C20H18F2N4O. The van der Waals surface area contributed by atoms with Crippen molar-refractivity contribution in [3.8, 4) is 0 Å². The van der Waals surface area contributed by atoms with Gasteiger partial charge >= 0.3 is 0 Å². The molecule has 1 amide bonds. The lowest BCUT2D eigenvalue weighted by molar-refractivity contribution is 0.102. The summed E-state index contributed by atoms with van der Waals surface area (Å²) in [4.78, 5) is 21.0. The third kappa shape index (κ3) is 4.25. The van der Waals surface area contributed by atoms with E-state index in [1.807, 2.05) is 32.0 Å². The molecule has 0 aliphatic rings. The topological polar surface area (TPSA) is 66.9 Å². The number of benzene rings is 2. The van der Waals surface area contributed by atoms with Crippen LogP contribution in [0.1, 0.15) is 27.3 Å². The Kier molecular flexibility index (Phi) is 5.12. The minimum absolute atomic E-state index is 0.118. The van der Waals surface area contributed by atoms with Gasteiger partial charge in [0.2, 0.25) is 5.95 Å². The monoisotopic (exact) mass is 368 g/mol.